The Morgan fingerprint density at radius 1 is 1.15 bits per heavy atom. The molecule has 1 aromatic rings. The van der Waals surface area contributed by atoms with Crippen LogP contribution in [0.25, 0.3) is 0 Å². The summed E-state index contributed by atoms with van der Waals surface area (Å²) in [5.74, 6) is -0.161. The van der Waals surface area contributed by atoms with Gasteiger partial charge in [-0.25, -0.2) is 0 Å². The number of aryl methyl sites for hydroxylation is 1. The molecule has 3 N–H and O–H groups in total. The van der Waals surface area contributed by atoms with Crippen LogP contribution in [-0.2, 0) is 9.59 Å². The number of anilines is 1. The number of halogens is 1. The van der Waals surface area contributed by atoms with Gasteiger partial charge in [-0.2, -0.15) is 0 Å². The quantitative estimate of drug-likeness (QED) is 0.708. The van der Waals surface area contributed by atoms with Crippen LogP contribution in [0, 0.1) is 6.92 Å². The second kappa shape index (κ2) is 8.71. The van der Waals surface area contributed by atoms with Crippen LogP contribution in [0.4, 0.5) is 5.69 Å². The molecule has 0 aliphatic rings. The molecule has 0 saturated carbocycles. The molecule has 1 aromatic carbocycles. The maximum Gasteiger partial charge on any atom is 0.226 e. The Morgan fingerprint density at radius 3 is 2.55 bits per heavy atom. The SMILES string of the molecule is CNCCC(=O)NCCC(=O)Nc1cc(Br)ccc1C. The van der Waals surface area contributed by atoms with Gasteiger partial charge in [0.15, 0.2) is 0 Å². The van der Waals surface area contributed by atoms with E-state index in [0.717, 1.165) is 15.7 Å². The standard InChI is InChI=1S/C14H20BrN3O2/c1-10-3-4-11(15)9-12(10)18-14(20)6-8-17-13(19)5-7-16-2/h3-4,9,16H,5-8H2,1-2H3,(H,17,19)(H,18,20). The third kappa shape index (κ3) is 6.16. The maximum atomic E-state index is 11.8. The van der Waals surface area contributed by atoms with Gasteiger partial charge in [0.05, 0.1) is 0 Å². The molecular formula is C14H20BrN3O2. The average molecular weight is 342 g/mol. The highest BCUT2D eigenvalue weighted by atomic mass is 79.9. The van der Waals surface area contributed by atoms with Gasteiger partial charge in [-0.1, -0.05) is 22.0 Å². The first kappa shape index (κ1) is 16.7. The van der Waals surface area contributed by atoms with Crippen molar-refractivity contribution in [1.82, 2.24) is 10.6 Å². The topological polar surface area (TPSA) is 70.2 Å². The van der Waals surface area contributed by atoms with Crippen molar-refractivity contribution in [2.75, 3.05) is 25.5 Å². The summed E-state index contributed by atoms with van der Waals surface area (Å²) in [6.45, 7) is 2.91. The molecule has 2 amide bonds. The van der Waals surface area contributed by atoms with E-state index in [1.807, 2.05) is 25.1 Å². The summed E-state index contributed by atoms with van der Waals surface area (Å²) in [4.78, 5) is 23.1. The van der Waals surface area contributed by atoms with Gasteiger partial charge < -0.3 is 16.0 Å². The Labute approximate surface area is 127 Å². The molecule has 0 aliphatic carbocycles. The highest BCUT2D eigenvalue weighted by Crippen LogP contribution is 2.20. The average Bonchev–Trinajstić information content (AvgIpc) is 2.40. The number of rotatable bonds is 7. The minimum Gasteiger partial charge on any atom is -0.356 e. The Bertz CT molecular complexity index is 477. The lowest BCUT2D eigenvalue weighted by Crippen LogP contribution is -2.29. The van der Waals surface area contributed by atoms with Crippen molar-refractivity contribution in [2.45, 2.75) is 19.8 Å². The fourth-order valence-electron chi connectivity index (χ4n) is 1.58. The van der Waals surface area contributed by atoms with Gasteiger partial charge in [0.2, 0.25) is 11.8 Å². The van der Waals surface area contributed by atoms with E-state index in [0.29, 0.717) is 19.5 Å². The van der Waals surface area contributed by atoms with Gasteiger partial charge in [0.1, 0.15) is 0 Å². The molecule has 0 spiro atoms. The molecule has 20 heavy (non-hydrogen) atoms. The number of carbonyl (C=O) groups excluding carboxylic acids is 2. The fraction of sp³-hybridized carbons (Fsp3) is 0.429. The second-order valence-corrected chi connectivity index (χ2v) is 5.38. The minimum atomic E-state index is -0.111. The van der Waals surface area contributed by atoms with E-state index >= 15 is 0 Å². The van der Waals surface area contributed by atoms with Crippen molar-refractivity contribution in [3.05, 3.63) is 28.2 Å². The summed E-state index contributed by atoms with van der Waals surface area (Å²) in [6.07, 6.45) is 0.681. The van der Waals surface area contributed by atoms with Crippen LogP contribution < -0.4 is 16.0 Å². The molecule has 0 unspecified atom stereocenters. The highest BCUT2D eigenvalue weighted by molar-refractivity contribution is 9.10. The van der Waals surface area contributed by atoms with Crippen molar-refractivity contribution in [3.63, 3.8) is 0 Å². The summed E-state index contributed by atoms with van der Waals surface area (Å²) in [5.41, 5.74) is 1.78. The predicted molar refractivity (Wildman–Crippen MR) is 83.7 cm³/mol. The highest BCUT2D eigenvalue weighted by Gasteiger charge is 2.06. The van der Waals surface area contributed by atoms with Gasteiger partial charge in [-0.3, -0.25) is 9.59 Å². The zero-order valence-electron chi connectivity index (χ0n) is 11.8. The van der Waals surface area contributed by atoms with E-state index in [-0.39, 0.29) is 18.2 Å². The van der Waals surface area contributed by atoms with E-state index in [9.17, 15) is 9.59 Å². The summed E-state index contributed by atoms with van der Waals surface area (Å²) in [7, 11) is 1.79. The first-order chi connectivity index (χ1) is 9.52. The van der Waals surface area contributed by atoms with E-state index in [2.05, 4.69) is 31.9 Å². The molecule has 1 rings (SSSR count). The zero-order chi connectivity index (χ0) is 15.0. The molecule has 110 valence electrons. The zero-order valence-corrected chi connectivity index (χ0v) is 13.3. The van der Waals surface area contributed by atoms with Gasteiger partial charge >= 0.3 is 0 Å². The molecule has 0 heterocycles. The number of nitrogens with one attached hydrogen (secondary N) is 3. The van der Waals surface area contributed by atoms with E-state index < -0.39 is 0 Å². The minimum absolute atomic E-state index is 0.0502. The summed E-state index contributed by atoms with van der Waals surface area (Å²) in [6, 6.07) is 5.71. The molecule has 0 aliphatic heterocycles. The monoisotopic (exact) mass is 341 g/mol. The maximum absolute atomic E-state index is 11.8. The molecule has 0 fully saturated rings. The molecule has 0 atom stereocenters. The second-order valence-electron chi connectivity index (χ2n) is 4.46. The molecule has 6 heteroatoms. The lowest BCUT2D eigenvalue weighted by Gasteiger charge is -2.09. The van der Waals surface area contributed by atoms with Crippen LogP contribution in [0.1, 0.15) is 18.4 Å². The lowest BCUT2D eigenvalue weighted by atomic mass is 10.2. The smallest absolute Gasteiger partial charge is 0.226 e. The van der Waals surface area contributed by atoms with Gasteiger partial charge in [0, 0.05) is 36.1 Å². The Hall–Kier alpha value is -1.40. The first-order valence-corrected chi connectivity index (χ1v) is 7.29. The van der Waals surface area contributed by atoms with Crippen molar-refractivity contribution < 1.29 is 9.59 Å². The largest absolute Gasteiger partial charge is 0.356 e. The lowest BCUT2D eigenvalue weighted by molar-refractivity contribution is -0.121. The molecular weight excluding hydrogens is 322 g/mol. The van der Waals surface area contributed by atoms with Crippen LogP contribution in [0.2, 0.25) is 0 Å². The van der Waals surface area contributed by atoms with Gasteiger partial charge in [-0.15, -0.1) is 0 Å². The van der Waals surface area contributed by atoms with Crippen LogP contribution in [0.15, 0.2) is 22.7 Å². The fourth-order valence-corrected chi connectivity index (χ4v) is 1.95. The number of hydrogen-bond acceptors (Lipinski definition) is 3. The summed E-state index contributed by atoms with van der Waals surface area (Å²) < 4.78 is 0.916. The van der Waals surface area contributed by atoms with E-state index in [1.54, 1.807) is 7.05 Å². The Balaban J connectivity index is 2.33. The Morgan fingerprint density at radius 2 is 1.85 bits per heavy atom. The third-order valence-corrected chi connectivity index (χ3v) is 3.24. The molecule has 0 bridgehead atoms. The van der Waals surface area contributed by atoms with Crippen molar-refractivity contribution in [1.29, 1.82) is 0 Å². The molecule has 0 radical (unpaired) electrons. The van der Waals surface area contributed by atoms with Crippen molar-refractivity contribution >= 4 is 33.4 Å². The molecule has 0 saturated heterocycles. The van der Waals surface area contributed by atoms with Crippen molar-refractivity contribution in [3.8, 4) is 0 Å². The third-order valence-electron chi connectivity index (χ3n) is 2.75. The van der Waals surface area contributed by atoms with Crippen LogP contribution >= 0.6 is 15.9 Å². The van der Waals surface area contributed by atoms with Crippen molar-refractivity contribution in [2.24, 2.45) is 0 Å². The number of amides is 2. The molecule has 5 nitrogen and oxygen atoms in total. The summed E-state index contributed by atoms with van der Waals surface area (Å²) >= 11 is 3.37. The number of benzene rings is 1. The van der Waals surface area contributed by atoms with E-state index in [4.69, 9.17) is 0 Å². The van der Waals surface area contributed by atoms with Crippen LogP contribution in [0.5, 0.6) is 0 Å². The Kier molecular flexibility index (Phi) is 7.25. The van der Waals surface area contributed by atoms with Crippen LogP contribution in [-0.4, -0.2) is 32.0 Å². The van der Waals surface area contributed by atoms with Crippen LogP contribution in [0.3, 0.4) is 0 Å². The van der Waals surface area contributed by atoms with Gasteiger partial charge in [-0.05, 0) is 31.7 Å². The summed E-state index contributed by atoms with van der Waals surface area (Å²) in [5, 5.41) is 8.44. The number of carbonyl (C=O) groups is 2. The molecule has 0 aromatic heterocycles. The van der Waals surface area contributed by atoms with E-state index in [1.165, 1.54) is 0 Å². The normalized spacial score (nSPS) is 10.2. The predicted octanol–water partition coefficient (Wildman–Crippen LogP) is 1.81. The number of hydrogen-bond donors (Lipinski definition) is 3. The van der Waals surface area contributed by atoms with Gasteiger partial charge in [0.25, 0.3) is 0 Å². The first-order valence-electron chi connectivity index (χ1n) is 6.50.